The summed E-state index contributed by atoms with van der Waals surface area (Å²) in [6, 6.07) is 8.95. The largest absolute Gasteiger partial charge is 0.356 e. The third kappa shape index (κ3) is 7.45. The molecule has 0 spiro atoms. The second kappa shape index (κ2) is 12.1. The van der Waals surface area contributed by atoms with Gasteiger partial charge in [-0.2, -0.15) is 0 Å². The minimum atomic E-state index is 0. The molecule has 1 heterocycles. The van der Waals surface area contributed by atoms with Gasteiger partial charge in [0.15, 0.2) is 5.96 Å². The first kappa shape index (κ1) is 24.5. The fourth-order valence-corrected chi connectivity index (χ4v) is 3.07. The van der Waals surface area contributed by atoms with Crippen molar-refractivity contribution in [2.75, 3.05) is 20.1 Å². The van der Waals surface area contributed by atoms with Gasteiger partial charge in [-0.25, -0.2) is 4.98 Å². The third-order valence-corrected chi connectivity index (χ3v) is 5.11. The highest BCUT2D eigenvalue weighted by atomic mass is 127. The van der Waals surface area contributed by atoms with Crippen LogP contribution in [0.4, 0.5) is 0 Å². The number of nitrogens with one attached hydrogen (secondary N) is 2. The van der Waals surface area contributed by atoms with E-state index in [4.69, 9.17) is 0 Å². The van der Waals surface area contributed by atoms with E-state index in [0.29, 0.717) is 0 Å². The van der Waals surface area contributed by atoms with Gasteiger partial charge in [-0.15, -0.1) is 24.0 Å². The van der Waals surface area contributed by atoms with Crippen molar-refractivity contribution >= 4 is 29.9 Å². The third-order valence-electron chi connectivity index (χ3n) is 5.11. The Bertz CT molecular complexity index is 719. The van der Waals surface area contributed by atoms with Crippen molar-refractivity contribution in [3.05, 3.63) is 53.6 Å². The number of unbranched alkanes of at least 4 members (excludes halogenated alkanes) is 1. The van der Waals surface area contributed by atoms with Crippen LogP contribution in [-0.2, 0) is 18.4 Å². The summed E-state index contributed by atoms with van der Waals surface area (Å²) in [5.41, 5.74) is 2.77. The number of benzene rings is 1. The molecule has 0 unspecified atom stereocenters. The Labute approximate surface area is 187 Å². The number of imidazole rings is 1. The Balaban J connectivity index is 0.00000392. The average molecular weight is 497 g/mol. The zero-order valence-electron chi connectivity index (χ0n) is 18.0. The van der Waals surface area contributed by atoms with E-state index in [-0.39, 0.29) is 29.4 Å². The number of hydrogen-bond donors (Lipinski definition) is 2. The first-order valence-corrected chi connectivity index (χ1v) is 9.98. The number of aromatic nitrogens is 2. The standard InChI is InChI=1S/C22H35N5.HI/c1-6-19-9-11-20(12-10-19)22(3,4)17-26-21(23-5)25-13-7-8-15-27-16-14-24-18(27)2;/h9-12,14,16H,6-8,13,15,17H2,1-5H3,(H2,23,25,26);1H. The first-order valence-electron chi connectivity index (χ1n) is 9.98. The zero-order chi connectivity index (χ0) is 19.7. The molecule has 0 fully saturated rings. The lowest BCUT2D eigenvalue weighted by molar-refractivity contribution is 0.507. The molecule has 2 rings (SSSR count). The van der Waals surface area contributed by atoms with Gasteiger partial charge in [0, 0.05) is 44.5 Å². The van der Waals surface area contributed by atoms with E-state index in [2.05, 4.69) is 70.2 Å². The van der Waals surface area contributed by atoms with Crippen molar-refractivity contribution in [1.29, 1.82) is 0 Å². The molecule has 0 aliphatic carbocycles. The van der Waals surface area contributed by atoms with Gasteiger partial charge in [-0.05, 0) is 37.3 Å². The molecule has 0 aliphatic rings. The molecule has 0 saturated carbocycles. The van der Waals surface area contributed by atoms with Crippen molar-refractivity contribution in [2.45, 2.75) is 58.9 Å². The maximum Gasteiger partial charge on any atom is 0.191 e. The van der Waals surface area contributed by atoms with Gasteiger partial charge in [0.05, 0.1) is 0 Å². The SMILES string of the molecule is CCc1ccc(C(C)(C)CNC(=NC)NCCCCn2ccnc2C)cc1.I. The summed E-state index contributed by atoms with van der Waals surface area (Å²) < 4.78 is 2.19. The predicted molar refractivity (Wildman–Crippen MR) is 130 cm³/mol. The number of guanidine groups is 1. The van der Waals surface area contributed by atoms with Gasteiger partial charge in [0.1, 0.15) is 5.82 Å². The van der Waals surface area contributed by atoms with Crippen LogP contribution >= 0.6 is 24.0 Å². The van der Waals surface area contributed by atoms with E-state index in [1.54, 1.807) is 0 Å². The molecule has 0 saturated heterocycles. The van der Waals surface area contributed by atoms with Crippen LogP contribution in [0.1, 0.15) is 50.6 Å². The van der Waals surface area contributed by atoms with Crippen molar-refractivity contribution < 1.29 is 0 Å². The van der Waals surface area contributed by atoms with E-state index in [1.165, 1.54) is 11.1 Å². The highest BCUT2D eigenvalue weighted by molar-refractivity contribution is 14.0. The Morgan fingerprint density at radius 2 is 1.86 bits per heavy atom. The number of rotatable bonds is 9. The molecule has 0 radical (unpaired) electrons. The lowest BCUT2D eigenvalue weighted by atomic mass is 9.84. The van der Waals surface area contributed by atoms with Crippen LogP contribution in [0.25, 0.3) is 0 Å². The normalized spacial score (nSPS) is 11.8. The molecular formula is C22H36IN5. The molecule has 28 heavy (non-hydrogen) atoms. The van der Waals surface area contributed by atoms with E-state index in [9.17, 15) is 0 Å². The maximum absolute atomic E-state index is 4.35. The Morgan fingerprint density at radius 3 is 2.43 bits per heavy atom. The monoisotopic (exact) mass is 497 g/mol. The van der Waals surface area contributed by atoms with Crippen LogP contribution in [0, 0.1) is 6.92 Å². The van der Waals surface area contributed by atoms with Crippen LogP contribution in [0.3, 0.4) is 0 Å². The van der Waals surface area contributed by atoms with Crippen molar-refractivity contribution in [1.82, 2.24) is 20.2 Å². The Kier molecular flexibility index (Phi) is 10.6. The molecule has 0 aliphatic heterocycles. The molecule has 2 aromatic rings. The molecule has 2 N–H and O–H groups in total. The topological polar surface area (TPSA) is 54.2 Å². The van der Waals surface area contributed by atoms with E-state index >= 15 is 0 Å². The maximum atomic E-state index is 4.35. The van der Waals surface area contributed by atoms with Gasteiger partial charge in [-0.3, -0.25) is 4.99 Å². The molecule has 6 heteroatoms. The van der Waals surface area contributed by atoms with Crippen LogP contribution in [-0.4, -0.2) is 35.6 Å². The van der Waals surface area contributed by atoms with Crippen LogP contribution in [0.2, 0.25) is 0 Å². The smallest absolute Gasteiger partial charge is 0.191 e. The first-order chi connectivity index (χ1) is 13.0. The Hall–Kier alpha value is -1.57. The van der Waals surface area contributed by atoms with Crippen molar-refractivity contribution in [3.8, 4) is 0 Å². The highest BCUT2D eigenvalue weighted by Crippen LogP contribution is 2.22. The van der Waals surface area contributed by atoms with Gasteiger partial charge < -0.3 is 15.2 Å². The van der Waals surface area contributed by atoms with E-state index in [1.807, 2.05) is 26.4 Å². The Morgan fingerprint density at radius 1 is 1.14 bits per heavy atom. The van der Waals surface area contributed by atoms with Gasteiger partial charge >= 0.3 is 0 Å². The summed E-state index contributed by atoms with van der Waals surface area (Å²) in [6.07, 6.45) is 7.20. The van der Waals surface area contributed by atoms with E-state index in [0.717, 1.165) is 50.7 Å². The summed E-state index contributed by atoms with van der Waals surface area (Å²) in [7, 11) is 1.83. The second-order valence-electron chi connectivity index (χ2n) is 7.66. The number of nitrogens with zero attached hydrogens (tertiary/aromatic N) is 3. The summed E-state index contributed by atoms with van der Waals surface area (Å²) in [6.45, 7) is 11.5. The number of halogens is 1. The fourth-order valence-electron chi connectivity index (χ4n) is 3.07. The quantitative estimate of drug-likeness (QED) is 0.235. The summed E-state index contributed by atoms with van der Waals surface area (Å²) in [5.74, 6) is 1.95. The van der Waals surface area contributed by atoms with Crippen molar-refractivity contribution in [3.63, 3.8) is 0 Å². The summed E-state index contributed by atoms with van der Waals surface area (Å²) in [4.78, 5) is 8.61. The minimum absolute atomic E-state index is 0. The molecule has 0 bridgehead atoms. The summed E-state index contributed by atoms with van der Waals surface area (Å²) in [5, 5.41) is 6.89. The van der Waals surface area contributed by atoms with Gasteiger partial charge in [-0.1, -0.05) is 45.0 Å². The van der Waals surface area contributed by atoms with Gasteiger partial charge in [0.2, 0.25) is 0 Å². The summed E-state index contributed by atoms with van der Waals surface area (Å²) >= 11 is 0. The molecule has 5 nitrogen and oxygen atoms in total. The van der Waals surface area contributed by atoms with Gasteiger partial charge in [0.25, 0.3) is 0 Å². The lowest BCUT2D eigenvalue weighted by Gasteiger charge is -2.27. The fraction of sp³-hybridized carbons (Fsp3) is 0.545. The average Bonchev–Trinajstić information content (AvgIpc) is 3.08. The number of aryl methyl sites for hydroxylation is 3. The highest BCUT2D eigenvalue weighted by Gasteiger charge is 2.20. The van der Waals surface area contributed by atoms with Crippen molar-refractivity contribution in [2.24, 2.45) is 4.99 Å². The molecule has 156 valence electrons. The van der Waals surface area contributed by atoms with Crippen LogP contribution in [0.15, 0.2) is 41.7 Å². The second-order valence-corrected chi connectivity index (χ2v) is 7.66. The minimum Gasteiger partial charge on any atom is -0.356 e. The lowest BCUT2D eigenvalue weighted by Crippen LogP contribution is -2.43. The van der Waals surface area contributed by atoms with E-state index < -0.39 is 0 Å². The number of hydrogen-bond acceptors (Lipinski definition) is 2. The molecule has 0 amide bonds. The zero-order valence-corrected chi connectivity index (χ0v) is 20.3. The van der Waals surface area contributed by atoms with Crippen LogP contribution < -0.4 is 10.6 Å². The molecule has 1 aromatic carbocycles. The molecular weight excluding hydrogens is 461 g/mol. The molecule has 0 atom stereocenters. The molecule has 1 aromatic heterocycles. The number of aliphatic imine (C=N–C) groups is 1. The predicted octanol–water partition coefficient (Wildman–Crippen LogP) is 4.29. The van der Waals surface area contributed by atoms with Crippen LogP contribution in [0.5, 0.6) is 0 Å².